The van der Waals surface area contributed by atoms with E-state index in [1.54, 1.807) is 12.3 Å². The molecule has 1 N–H and O–H groups in total. The standard InChI is InChI=1S/C17H20F2N2O3S/c1-17(2,3)15-21-9-13(25-15)14(22)20-8-10-5-6-11(23-4)12(7-10)24-16(18)19/h5-7,9,16H,8H2,1-4H3,(H,20,22). The summed E-state index contributed by atoms with van der Waals surface area (Å²) in [6, 6.07) is 4.60. The summed E-state index contributed by atoms with van der Waals surface area (Å²) in [5, 5.41) is 3.62. The lowest BCUT2D eigenvalue weighted by Crippen LogP contribution is -2.21. The zero-order valence-electron chi connectivity index (χ0n) is 14.4. The van der Waals surface area contributed by atoms with Crippen molar-refractivity contribution in [3.05, 3.63) is 39.8 Å². The second-order valence-corrected chi connectivity index (χ2v) is 7.36. The predicted octanol–water partition coefficient (Wildman–Crippen LogP) is 3.98. The van der Waals surface area contributed by atoms with Crippen molar-refractivity contribution in [1.82, 2.24) is 10.3 Å². The number of carbonyl (C=O) groups is 1. The number of aromatic nitrogens is 1. The maximum absolute atomic E-state index is 12.4. The number of alkyl halides is 2. The summed E-state index contributed by atoms with van der Waals surface area (Å²) in [4.78, 5) is 17.0. The van der Waals surface area contributed by atoms with Crippen LogP contribution < -0.4 is 14.8 Å². The van der Waals surface area contributed by atoms with Crippen LogP contribution in [0.15, 0.2) is 24.4 Å². The van der Waals surface area contributed by atoms with Gasteiger partial charge >= 0.3 is 6.61 Å². The number of rotatable bonds is 6. The quantitative estimate of drug-likeness (QED) is 0.836. The Bertz CT molecular complexity index is 742. The third kappa shape index (κ3) is 5.12. The summed E-state index contributed by atoms with van der Waals surface area (Å²) in [6.07, 6.45) is 1.54. The fourth-order valence-corrected chi connectivity index (χ4v) is 2.90. The van der Waals surface area contributed by atoms with Gasteiger partial charge in [-0.3, -0.25) is 4.79 Å². The van der Waals surface area contributed by atoms with E-state index in [9.17, 15) is 13.6 Å². The lowest BCUT2D eigenvalue weighted by molar-refractivity contribution is -0.0512. The van der Waals surface area contributed by atoms with Crippen LogP contribution in [0.5, 0.6) is 11.5 Å². The molecule has 0 aliphatic rings. The first-order valence-electron chi connectivity index (χ1n) is 7.57. The molecule has 1 aromatic carbocycles. The van der Waals surface area contributed by atoms with Crippen molar-refractivity contribution in [2.24, 2.45) is 0 Å². The van der Waals surface area contributed by atoms with Gasteiger partial charge in [-0.15, -0.1) is 11.3 Å². The van der Waals surface area contributed by atoms with Crippen LogP contribution >= 0.6 is 11.3 Å². The van der Waals surface area contributed by atoms with Crippen LogP contribution in [0.25, 0.3) is 0 Å². The number of methoxy groups -OCH3 is 1. The second-order valence-electron chi connectivity index (χ2n) is 6.33. The minimum atomic E-state index is -2.95. The van der Waals surface area contributed by atoms with Crippen LogP contribution in [0.4, 0.5) is 8.78 Å². The van der Waals surface area contributed by atoms with Crippen LogP contribution in [-0.4, -0.2) is 24.6 Å². The van der Waals surface area contributed by atoms with E-state index in [1.165, 1.54) is 30.6 Å². The van der Waals surface area contributed by atoms with Gasteiger partial charge in [0.05, 0.1) is 18.3 Å². The van der Waals surface area contributed by atoms with E-state index in [4.69, 9.17) is 4.74 Å². The molecule has 0 aliphatic heterocycles. The van der Waals surface area contributed by atoms with Gasteiger partial charge in [0.25, 0.3) is 5.91 Å². The van der Waals surface area contributed by atoms with Crippen LogP contribution in [0.1, 0.15) is 41.0 Å². The molecule has 1 aromatic heterocycles. The molecule has 0 saturated carbocycles. The Balaban J connectivity index is 2.05. The van der Waals surface area contributed by atoms with Crippen molar-refractivity contribution >= 4 is 17.2 Å². The molecule has 0 saturated heterocycles. The molecule has 1 amide bonds. The predicted molar refractivity (Wildman–Crippen MR) is 91.6 cm³/mol. The number of nitrogens with zero attached hydrogens (tertiary/aromatic N) is 1. The summed E-state index contributed by atoms with van der Waals surface area (Å²) in [5.74, 6) is -0.134. The Hall–Kier alpha value is -2.22. The Labute approximate surface area is 149 Å². The van der Waals surface area contributed by atoms with E-state index in [-0.39, 0.29) is 29.4 Å². The highest BCUT2D eigenvalue weighted by atomic mass is 32.1. The number of hydrogen-bond acceptors (Lipinski definition) is 5. The first-order chi connectivity index (χ1) is 11.7. The van der Waals surface area contributed by atoms with Crippen LogP contribution in [0.2, 0.25) is 0 Å². The maximum atomic E-state index is 12.4. The highest BCUT2D eigenvalue weighted by molar-refractivity contribution is 7.13. The number of carbonyl (C=O) groups excluding carboxylic acids is 1. The molecule has 1 heterocycles. The average Bonchev–Trinajstić information content (AvgIpc) is 3.02. The van der Waals surface area contributed by atoms with E-state index < -0.39 is 6.61 Å². The minimum Gasteiger partial charge on any atom is -0.493 e. The van der Waals surface area contributed by atoms with Gasteiger partial charge < -0.3 is 14.8 Å². The molecular weight excluding hydrogens is 350 g/mol. The van der Waals surface area contributed by atoms with Crippen molar-refractivity contribution in [1.29, 1.82) is 0 Å². The molecule has 0 aliphatic carbocycles. The monoisotopic (exact) mass is 370 g/mol. The zero-order chi connectivity index (χ0) is 18.6. The Morgan fingerprint density at radius 3 is 2.60 bits per heavy atom. The van der Waals surface area contributed by atoms with Gasteiger partial charge in [0.1, 0.15) is 4.88 Å². The Morgan fingerprint density at radius 1 is 1.32 bits per heavy atom. The molecule has 8 heteroatoms. The summed E-state index contributed by atoms with van der Waals surface area (Å²) >= 11 is 1.33. The average molecular weight is 370 g/mol. The fraction of sp³-hybridized carbons (Fsp3) is 0.412. The van der Waals surface area contributed by atoms with Gasteiger partial charge in [0.15, 0.2) is 11.5 Å². The molecule has 2 aromatic rings. The number of benzene rings is 1. The van der Waals surface area contributed by atoms with Gasteiger partial charge in [0.2, 0.25) is 0 Å². The fourth-order valence-electron chi connectivity index (χ4n) is 2.01. The maximum Gasteiger partial charge on any atom is 0.387 e. The smallest absolute Gasteiger partial charge is 0.387 e. The lowest BCUT2D eigenvalue weighted by Gasteiger charge is -2.13. The number of ether oxygens (including phenoxy) is 2. The number of amides is 1. The Kier molecular flexibility index (Phi) is 5.94. The molecule has 0 bridgehead atoms. The largest absolute Gasteiger partial charge is 0.493 e. The van der Waals surface area contributed by atoms with Crippen molar-refractivity contribution in [3.8, 4) is 11.5 Å². The van der Waals surface area contributed by atoms with Gasteiger partial charge in [-0.1, -0.05) is 26.8 Å². The van der Waals surface area contributed by atoms with Gasteiger partial charge in [-0.25, -0.2) is 4.98 Å². The van der Waals surface area contributed by atoms with Crippen LogP contribution in [0.3, 0.4) is 0 Å². The third-order valence-electron chi connectivity index (χ3n) is 3.27. The molecule has 136 valence electrons. The number of nitrogens with one attached hydrogen (secondary N) is 1. The molecule has 2 rings (SSSR count). The molecule has 0 spiro atoms. The minimum absolute atomic E-state index is 0.0722. The summed E-state index contributed by atoms with van der Waals surface area (Å²) in [6.45, 7) is 3.29. The van der Waals surface area contributed by atoms with E-state index in [1.807, 2.05) is 20.8 Å². The first-order valence-corrected chi connectivity index (χ1v) is 8.38. The first kappa shape index (κ1) is 19.1. The summed E-state index contributed by atoms with van der Waals surface area (Å²) in [5.41, 5.74) is 0.492. The molecular formula is C17H20F2N2O3S. The number of halogens is 2. The van der Waals surface area contributed by atoms with Crippen molar-refractivity contribution in [2.45, 2.75) is 39.3 Å². The zero-order valence-corrected chi connectivity index (χ0v) is 15.2. The number of thiazole rings is 1. The van der Waals surface area contributed by atoms with E-state index in [2.05, 4.69) is 15.0 Å². The highest BCUT2D eigenvalue weighted by Gasteiger charge is 2.20. The van der Waals surface area contributed by atoms with E-state index in [0.717, 1.165) is 5.01 Å². The molecule has 0 radical (unpaired) electrons. The second kappa shape index (κ2) is 7.77. The lowest BCUT2D eigenvalue weighted by atomic mass is 9.98. The van der Waals surface area contributed by atoms with Gasteiger partial charge in [-0.05, 0) is 17.7 Å². The van der Waals surface area contributed by atoms with E-state index >= 15 is 0 Å². The molecule has 0 unspecified atom stereocenters. The normalized spacial score (nSPS) is 11.5. The third-order valence-corrected chi connectivity index (χ3v) is 4.69. The Morgan fingerprint density at radius 2 is 2.04 bits per heavy atom. The SMILES string of the molecule is COc1ccc(CNC(=O)c2cnc(C(C)(C)C)s2)cc1OC(F)F. The van der Waals surface area contributed by atoms with Crippen molar-refractivity contribution in [3.63, 3.8) is 0 Å². The molecule has 0 atom stereocenters. The van der Waals surface area contributed by atoms with Crippen LogP contribution in [-0.2, 0) is 12.0 Å². The molecule has 0 fully saturated rings. The molecule has 5 nitrogen and oxygen atoms in total. The topological polar surface area (TPSA) is 60.5 Å². The number of hydrogen-bond donors (Lipinski definition) is 1. The van der Waals surface area contributed by atoms with Crippen molar-refractivity contribution in [2.75, 3.05) is 7.11 Å². The van der Waals surface area contributed by atoms with Gasteiger partial charge in [-0.2, -0.15) is 8.78 Å². The summed E-state index contributed by atoms with van der Waals surface area (Å²) in [7, 11) is 1.37. The van der Waals surface area contributed by atoms with Crippen molar-refractivity contribution < 1.29 is 23.0 Å². The van der Waals surface area contributed by atoms with Gasteiger partial charge in [0, 0.05) is 12.0 Å². The van der Waals surface area contributed by atoms with Crippen LogP contribution in [0, 0.1) is 0 Å². The molecule has 25 heavy (non-hydrogen) atoms. The van der Waals surface area contributed by atoms with E-state index in [0.29, 0.717) is 10.4 Å². The highest BCUT2D eigenvalue weighted by Crippen LogP contribution is 2.30. The summed E-state index contributed by atoms with van der Waals surface area (Å²) < 4.78 is 34.3.